The Bertz CT molecular complexity index is 1220. The number of carbonyl (C=O) groups is 1. The molecule has 0 saturated carbocycles. The van der Waals surface area contributed by atoms with Gasteiger partial charge in [-0.2, -0.15) is 0 Å². The lowest BCUT2D eigenvalue weighted by Gasteiger charge is -2.33. The lowest BCUT2D eigenvalue weighted by atomic mass is 9.88. The first-order valence-corrected chi connectivity index (χ1v) is 11.4. The fraction of sp³-hybridized carbons (Fsp3) is 0.417. The SMILES string of the molecule is CC1OCCCC1c1c[nH]c2nccc(Oc3c(F)cc(NC(=O)NCC4(F)COC4)cc3F)c12. The van der Waals surface area contributed by atoms with Crippen molar-refractivity contribution in [3.63, 3.8) is 0 Å². The zero-order valence-corrected chi connectivity index (χ0v) is 19.0. The quantitative estimate of drug-likeness (QED) is 0.462. The zero-order valence-electron chi connectivity index (χ0n) is 19.0. The highest BCUT2D eigenvalue weighted by Crippen LogP contribution is 2.40. The van der Waals surface area contributed by atoms with Crippen LogP contribution in [-0.4, -0.2) is 54.1 Å². The first kappa shape index (κ1) is 23.4. The number of pyridine rings is 1. The second kappa shape index (κ2) is 9.38. The van der Waals surface area contributed by atoms with Crippen LogP contribution in [0.3, 0.4) is 0 Å². The van der Waals surface area contributed by atoms with Gasteiger partial charge in [0.05, 0.1) is 31.2 Å². The van der Waals surface area contributed by atoms with Gasteiger partial charge in [0.2, 0.25) is 0 Å². The van der Waals surface area contributed by atoms with Gasteiger partial charge in [0.1, 0.15) is 11.4 Å². The van der Waals surface area contributed by atoms with Gasteiger partial charge < -0.3 is 29.8 Å². The Morgan fingerprint density at radius 2 is 2.09 bits per heavy atom. The number of hydrogen-bond acceptors (Lipinski definition) is 5. The van der Waals surface area contributed by atoms with E-state index in [4.69, 9.17) is 14.2 Å². The Morgan fingerprint density at radius 3 is 2.77 bits per heavy atom. The number of ether oxygens (including phenoxy) is 3. The number of nitrogens with one attached hydrogen (secondary N) is 3. The molecule has 1 aromatic carbocycles. The van der Waals surface area contributed by atoms with E-state index in [1.54, 1.807) is 6.07 Å². The van der Waals surface area contributed by atoms with Crippen molar-refractivity contribution in [3.05, 3.63) is 47.8 Å². The second-order valence-electron chi connectivity index (χ2n) is 8.92. The van der Waals surface area contributed by atoms with E-state index in [-0.39, 0.29) is 43.2 Å². The van der Waals surface area contributed by atoms with Gasteiger partial charge in [-0.15, -0.1) is 0 Å². The molecule has 11 heteroatoms. The summed E-state index contributed by atoms with van der Waals surface area (Å²) in [6, 6.07) is 2.62. The molecular formula is C24H25F3N4O4. The van der Waals surface area contributed by atoms with Crippen LogP contribution in [0, 0.1) is 11.6 Å². The molecule has 2 atom stereocenters. The molecule has 4 heterocycles. The number of rotatable bonds is 6. The standard InChI is InChI=1S/C24H25F3N4O4/c1-13-15(3-2-6-34-13)16-9-29-22-20(16)19(4-5-28-22)35-21-17(25)7-14(8-18(21)26)31-23(32)30-10-24(27)11-33-12-24/h4-5,7-9,13,15H,2-3,6,10-12H2,1H3,(H,28,29)(H2,30,31,32). The predicted octanol–water partition coefficient (Wildman–Crippen LogP) is 4.78. The number of carbonyl (C=O) groups excluding carboxylic acids is 1. The lowest BCUT2D eigenvalue weighted by Crippen LogP contribution is -2.54. The van der Waals surface area contributed by atoms with Crippen molar-refractivity contribution in [2.75, 3.05) is 31.7 Å². The van der Waals surface area contributed by atoms with Crippen molar-refractivity contribution >= 4 is 22.8 Å². The van der Waals surface area contributed by atoms with Crippen molar-refractivity contribution in [1.29, 1.82) is 0 Å². The average molecular weight is 490 g/mol. The third-order valence-corrected chi connectivity index (χ3v) is 6.33. The number of anilines is 1. The maximum absolute atomic E-state index is 14.9. The molecular weight excluding hydrogens is 465 g/mol. The minimum Gasteiger partial charge on any atom is -0.450 e. The summed E-state index contributed by atoms with van der Waals surface area (Å²) >= 11 is 0. The van der Waals surface area contributed by atoms with Crippen molar-refractivity contribution in [2.24, 2.45) is 0 Å². The highest BCUT2D eigenvalue weighted by atomic mass is 19.1. The second-order valence-corrected chi connectivity index (χ2v) is 8.92. The molecule has 0 radical (unpaired) electrons. The van der Waals surface area contributed by atoms with Gasteiger partial charge in [0, 0.05) is 42.7 Å². The summed E-state index contributed by atoms with van der Waals surface area (Å²) in [5.41, 5.74) is -0.319. The van der Waals surface area contributed by atoms with E-state index < -0.39 is 29.1 Å². The van der Waals surface area contributed by atoms with Gasteiger partial charge in [-0.3, -0.25) is 0 Å². The molecule has 2 fully saturated rings. The largest absolute Gasteiger partial charge is 0.450 e. The number of aromatic nitrogens is 2. The average Bonchev–Trinajstić information content (AvgIpc) is 3.24. The van der Waals surface area contributed by atoms with Crippen LogP contribution in [0.5, 0.6) is 11.5 Å². The highest BCUT2D eigenvalue weighted by Gasteiger charge is 2.39. The molecule has 2 aromatic heterocycles. The van der Waals surface area contributed by atoms with Crippen LogP contribution in [-0.2, 0) is 9.47 Å². The summed E-state index contributed by atoms with van der Waals surface area (Å²) in [5, 5.41) is 5.25. The minimum atomic E-state index is -1.62. The van der Waals surface area contributed by atoms with Gasteiger partial charge in [-0.1, -0.05) is 0 Å². The van der Waals surface area contributed by atoms with Gasteiger partial charge in [-0.05, 0) is 31.4 Å². The summed E-state index contributed by atoms with van der Waals surface area (Å²) in [4.78, 5) is 19.4. The van der Waals surface area contributed by atoms with Crippen LogP contribution in [0.4, 0.5) is 23.7 Å². The number of urea groups is 1. The minimum absolute atomic E-state index is 0.0233. The Labute approximate surface area is 199 Å². The molecule has 2 aliphatic rings. The molecule has 35 heavy (non-hydrogen) atoms. The molecule has 2 unspecified atom stereocenters. The smallest absolute Gasteiger partial charge is 0.319 e. The molecule has 3 N–H and O–H groups in total. The van der Waals surface area contributed by atoms with E-state index in [0.717, 1.165) is 30.5 Å². The van der Waals surface area contributed by atoms with E-state index in [1.807, 2.05) is 13.1 Å². The van der Waals surface area contributed by atoms with E-state index in [2.05, 4.69) is 20.6 Å². The third kappa shape index (κ3) is 4.78. The van der Waals surface area contributed by atoms with Gasteiger partial charge in [-0.25, -0.2) is 22.9 Å². The predicted molar refractivity (Wildman–Crippen MR) is 122 cm³/mol. The number of fused-ring (bicyclic) bond motifs is 1. The van der Waals surface area contributed by atoms with Crippen molar-refractivity contribution < 1.29 is 32.2 Å². The topological polar surface area (TPSA) is 97.5 Å². The molecule has 186 valence electrons. The number of H-pyrrole nitrogens is 1. The molecule has 5 rings (SSSR count). The monoisotopic (exact) mass is 490 g/mol. The number of benzene rings is 1. The molecule has 3 aromatic rings. The summed E-state index contributed by atoms with van der Waals surface area (Å²) in [7, 11) is 0. The fourth-order valence-electron chi connectivity index (χ4n) is 4.44. The summed E-state index contributed by atoms with van der Waals surface area (Å²) < 4.78 is 60.0. The van der Waals surface area contributed by atoms with Crippen LogP contribution >= 0.6 is 0 Å². The first-order chi connectivity index (χ1) is 16.8. The number of halogens is 3. The van der Waals surface area contributed by atoms with Crippen molar-refractivity contribution in [1.82, 2.24) is 15.3 Å². The third-order valence-electron chi connectivity index (χ3n) is 6.33. The number of alkyl halides is 1. The Kier molecular flexibility index (Phi) is 6.28. The summed E-state index contributed by atoms with van der Waals surface area (Å²) in [6.07, 6.45) is 5.10. The van der Waals surface area contributed by atoms with E-state index >= 15 is 0 Å². The van der Waals surface area contributed by atoms with E-state index in [9.17, 15) is 18.0 Å². The molecule has 2 aliphatic heterocycles. The Balaban J connectivity index is 1.36. The molecule has 2 amide bonds. The Hall–Kier alpha value is -3.31. The molecule has 2 saturated heterocycles. The van der Waals surface area contributed by atoms with Crippen LogP contribution in [0.1, 0.15) is 31.2 Å². The summed E-state index contributed by atoms with van der Waals surface area (Å²) in [5.74, 6) is -2.30. The normalized spacial score (nSPS) is 21.4. The van der Waals surface area contributed by atoms with Crippen LogP contribution in [0.2, 0.25) is 0 Å². The number of amides is 2. The van der Waals surface area contributed by atoms with E-state index in [0.29, 0.717) is 17.6 Å². The van der Waals surface area contributed by atoms with Gasteiger partial charge in [0.25, 0.3) is 0 Å². The van der Waals surface area contributed by atoms with E-state index in [1.165, 1.54) is 6.20 Å². The summed E-state index contributed by atoms with van der Waals surface area (Å²) in [6.45, 7) is 2.20. The van der Waals surface area contributed by atoms with Crippen LogP contribution in [0.15, 0.2) is 30.6 Å². The highest BCUT2D eigenvalue weighted by molar-refractivity contribution is 5.89. The van der Waals surface area contributed by atoms with Gasteiger partial charge in [0.15, 0.2) is 23.1 Å². The zero-order chi connectivity index (χ0) is 24.6. The molecule has 0 bridgehead atoms. The molecule has 0 aliphatic carbocycles. The van der Waals surface area contributed by atoms with Crippen LogP contribution < -0.4 is 15.4 Å². The Morgan fingerprint density at radius 1 is 1.31 bits per heavy atom. The van der Waals surface area contributed by atoms with Crippen LogP contribution in [0.25, 0.3) is 11.0 Å². The molecule has 8 nitrogen and oxygen atoms in total. The number of aromatic amines is 1. The van der Waals surface area contributed by atoms with Crippen molar-refractivity contribution in [3.8, 4) is 11.5 Å². The maximum Gasteiger partial charge on any atom is 0.319 e. The fourth-order valence-corrected chi connectivity index (χ4v) is 4.44. The number of hydrogen-bond donors (Lipinski definition) is 3. The van der Waals surface area contributed by atoms with Crippen molar-refractivity contribution in [2.45, 2.75) is 37.5 Å². The maximum atomic E-state index is 14.9. The number of nitrogens with zero attached hydrogens (tertiary/aromatic N) is 1. The molecule has 0 spiro atoms. The van der Waals surface area contributed by atoms with Gasteiger partial charge >= 0.3 is 6.03 Å². The first-order valence-electron chi connectivity index (χ1n) is 11.4. The lowest BCUT2D eigenvalue weighted by molar-refractivity contribution is -0.125.